The van der Waals surface area contributed by atoms with Gasteiger partial charge in [-0.3, -0.25) is 0 Å². The van der Waals surface area contributed by atoms with Crippen LogP contribution < -0.4 is 20.5 Å². The Morgan fingerprint density at radius 2 is 1.87 bits per heavy atom. The molecule has 0 saturated carbocycles. The molecule has 13 heteroatoms. The molecule has 0 saturated heterocycles. The molecule has 1 aromatic heterocycles. The van der Waals surface area contributed by atoms with Crippen LogP contribution in [0, 0.1) is 0 Å². The molecule has 0 fully saturated rings. The number of anilines is 3. The number of nitrogens with zero attached hydrogens (tertiary/aromatic N) is 2. The van der Waals surface area contributed by atoms with Crippen LogP contribution in [0.15, 0.2) is 33.8 Å². The lowest BCUT2D eigenvalue weighted by atomic mass is 10.2. The van der Waals surface area contributed by atoms with Crippen molar-refractivity contribution in [2.75, 3.05) is 35.2 Å². The van der Waals surface area contributed by atoms with Gasteiger partial charge in [-0.25, -0.2) is 17.6 Å². The largest absolute Gasteiger partial charge is 0.399 e. The van der Waals surface area contributed by atoms with Crippen molar-refractivity contribution >= 4 is 70.3 Å². The Balaban J connectivity index is 1.96. The molecule has 1 unspecified atom stereocenters. The lowest BCUT2D eigenvalue weighted by Crippen LogP contribution is -2.32. The summed E-state index contributed by atoms with van der Waals surface area (Å²) in [4.78, 5) is 8.24. The molecule has 9 nitrogen and oxygen atoms in total. The van der Waals surface area contributed by atoms with E-state index in [-0.39, 0.29) is 15.9 Å². The van der Waals surface area contributed by atoms with Crippen molar-refractivity contribution in [2.24, 2.45) is 0 Å². The number of hydrogen-bond donors (Lipinski definition) is 4. The van der Waals surface area contributed by atoms with E-state index in [1.54, 1.807) is 25.3 Å². The van der Waals surface area contributed by atoms with Crippen LogP contribution in [0.25, 0.3) is 0 Å². The monoisotopic (exact) mass is 552 g/mol. The summed E-state index contributed by atoms with van der Waals surface area (Å²) in [7, 11) is -6.99. The Morgan fingerprint density at radius 1 is 1.19 bits per heavy atom. The molecule has 1 atom stereocenters. The lowest BCUT2D eigenvalue weighted by Gasteiger charge is -2.17. The highest BCUT2D eigenvalue weighted by Crippen LogP contribution is 2.25. The van der Waals surface area contributed by atoms with E-state index in [2.05, 4.69) is 46.5 Å². The summed E-state index contributed by atoms with van der Waals surface area (Å²) in [5.74, 6) is 4.11. The van der Waals surface area contributed by atoms with Crippen molar-refractivity contribution in [3.05, 3.63) is 34.2 Å². The first-order valence-corrected chi connectivity index (χ1v) is 14.0. The van der Waals surface area contributed by atoms with E-state index >= 15 is 0 Å². The van der Waals surface area contributed by atoms with Gasteiger partial charge < -0.3 is 16.4 Å². The van der Waals surface area contributed by atoms with Crippen molar-refractivity contribution < 1.29 is 12.6 Å². The van der Waals surface area contributed by atoms with Gasteiger partial charge in [-0.2, -0.15) is 4.98 Å². The minimum absolute atomic E-state index is 0.127. The van der Waals surface area contributed by atoms with Crippen LogP contribution in [0.2, 0.25) is 5.28 Å². The maximum atomic E-state index is 13.0. The van der Waals surface area contributed by atoms with E-state index in [0.717, 1.165) is 17.3 Å². The summed E-state index contributed by atoms with van der Waals surface area (Å²) in [6.45, 7) is 2.94. The third kappa shape index (κ3) is 8.11. The van der Waals surface area contributed by atoms with Crippen molar-refractivity contribution in [3.63, 3.8) is 0 Å². The number of hydrogen-bond acceptors (Lipinski definition) is 8. The molecule has 172 valence electrons. The summed E-state index contributed by atoms with van der Waals surface area (Å²) in [5, 5.41) is 6.51. The second-order valence-electron chi connectivity index (χ2n) is 6.73. The Labute approximate surface area is 196 Å². The normalized spacial score (nSPS) is 13.5. The van der Waals surface area contributed by atoms with Crippen LogP contribution in [-0.4, -0.2) is 47.3 Å². The van der Waals surface area contributed by atoms with E-state index in [1.165, 1.54) is 6.07 Å². The Kier molecular flexibility index (Phi) is 9.37. The van der Waals surface area contributed by atoms with Crippen molar-refractivity contribution in [1.82, 2.24) is 14.1 Å². The van der Waals surface area contributed by atoms with Gasteiger partial charge >= 0.3 is 0 Å². The highest BCUT2D eigenvalue weighted by atomic mass is 79.9. The first-order valence-electron chi connectivity index (χ1n) is 9.48. The fraction of sp³-hybridized carbons (Fsp3) is 0.389. The number of aromatic nitrogens is 2. The quantitative estimate of drug-likeness (QED) is 0.136. The molecule has 1 aromatic carbocycles. The lowest BCUT2D eigenvalue weighted by molar-refractivity contribution is 0.591. The van der Waals surface area contributed by atoms with Crippen molar-refractivity contribution in [2.45, 2.75) is 31.1 Å². The molecule has 0 amide bonds. The standard InChI is InChI=1S/C18H26BrClN6O3S2/c1-3-10-31(28,29)26-30(2,27)16-7-6-13(21)11-15(16)22-8-4-5-9-23-17-14(19)12-24-18(20)25-17/h6-7,11-12,22H,2-5,8-10,21H2,1H3,(H,26,27)(H,23,24,25). The second kappa shape index (κ2) is 11.3. The zero-order chi connectivity index (χ0) is 23.1. The summed E-state index contributed by atoms with van der Waals surface area (Å²) >= 11 is 9.15. The summed E-state index contributed by atoms with van der Waals surface area (Å²) < 4.78 is 40.2. The molecule has 31 heavy (non-hydrogen) atoms. The van der Waals surface area contributed by atoms with Gasteiger partial charge in [0.1, 0.15) is 5.82 Å². The Morgan fingerprint density at radius 3 is 2.55 bits per heavy atom. The topological polar surface area (TPSA) is 139 Å². The molecular formula is C18H26BrClN6O3S2. The second-order valence-corrected chi connectivity index (χ2v) is 12.0. The summed E-state index contributed by atoms with van der Waals surface area (Å²) in [5.41, 5.74) is 6.81. The third-order valence-electron chi connectivity index (χ3n) is 4.02. The molecular weight excluding hydrogens is 528 g/mol. The minimum atomic E-state index is -3.71. The highest BCUT2D eigenvalue weighted by Gasteiger charge is 2.20. The molecule has 2 rings (SSSR count). The van der Waals surface area contributed by atoms with Crippen LogP contribution in [0.5, 0.6) is 0 Å². The van der Waals surface area contributed by atoms with E-state index in [4.69, 9.17) is 17.3 Å². The van der Waals surface area contributed by atoms with Gasteiger partial charge in [0.25, 0.3) is 0 Å². The molecule has 0 spiro atoms. The molecule has 0 aliphatic rings. The maximum Gasteiger partial charge on any atom is 0.224 e. The van der Waals surface area contributed by atoms with Crippen molar-refractivity contribution in [1.29, 1.82) is 0 Å². The average Bonchev–Trinajstić information content (AvgIpc) is 2.66. The van der Waals surface area contributed by atoms with Gasteiger partial charge in [0, 0.05) is 25.0 Å². The molecule has 1 heterocycles. The van der Waals surface area contributed by atoms with E-state index in [1.807, 2.05) is 0 Å². The van der Waals surface area contributed by atoms with Gasteiger partial charge in [0.05, 0.1) is 30.5 Å². The first kappa shape index (κ1) is 25.7. The maximum absolute atomic E-state index is 13.0. The van der Waals surface area contributed by atoms with Crippen LogP contribution in [-0.2, 0) is 19.7 Å². The molecule has 0 aliphatic heterocycles. The molecule has 0 bridgehead atoms. The number of nitrogen functional groups attached to an aromatic ring is 1. The van der Waals surface area contributed by atoms with Gasteiger partial charge in [0.2, 0.25) is 15.3 Å². The average molecular weight is 554 g/mol. The van der Waals surface area contributed by atoms with Crippen molar-refractivity contribution in [3.8, 4) is 0 Å². The van der Waals surface area contributed by atoms with E-state index in [9.17, 15) is 12.6 Å². The van der Waals surface area contributed by atoms with Gasteiger partial charge in [-0.1, -0.05) is 6.92 Å². The smallest absolute Gasteiger partial charge is 0.224 e. The Bertz CT molecular complexity index is 1110. The minimum Gasteiger partial charge on any atom is -0.399 e. The van der Waals surface area contributed by atoms with Crippen LogP contribution >= 0.6 is 27.5 Å². The van der Waals surface area contributed by atoms with Gasteiger partial charge in [0.15, 0.2) is 0 Å². The van der Waals surface area contributed by atoms with Gasteiger partial charge in [-0.05, 0) is 70.9 Å². The number of unbranched alkanes of at least 4 members (excludes halogenated alkanes) is 1. The molecule has 0 aliphatic carbocycles. The third-order valence-corrected chi connectivity index (χ3v) is 8.89. The number of halogens is 2. The fourth-order valence-corrected chi connectivity index (χ4v) is 6.79. The number of nitrogens with two attached hydrogens (primary N) is 1. The summed E-state index contributed by atoms with van der Waals surface area (Å²) in [6, 6.07) is 4.71. The SMILES string of the molecule is C=S(=O)(NS(=O)(=O)CCC)c1ccc(N)cc1NCCCCNc1nc(Cl)ncc1Br. The van der Waals surface area contributed by atoms with E-state index in [0.29, 0.717) is 36.7 Å². The highest BCUT2D eigenvalue weighted by molar-refractivity contribution is 9.10. The zero-order valence-corrected chi connectivity index (χ0v) is 21.0. The molecule has 2 aromatic rings. The molecule has 0 radical (unpaired) electrons. The van der Waals surface area contributed by atoms with Crippen LogP contribution in [0.1, 0.15) is 26.2 Å². The van der Waals surface area contributed by atoms with Crippen LogP contribution in [0.4, 0.5) is 17.2 Å². The zero-order valence-electron chi connectivity index (χ0n) is 17.0. The van der Waals surface area contributed by atoms with Crippen LogP contribution in [0.3, 0.4) is 0 Å². The number of nitrogens with one attached hydrogen (secondary N) is 3. The Hall–Kier alpha value is -1.60. The van der Waals surface area contributed by atoms with E-state index < -0.39 is 19.7 Å². The molecule has 5 N–H and O–H groups in total. The first-order chi connectivity index (χ1) is 14.5. The summed E-state index contributed by atoms with van der Waals surface area (Å²) in [6.07, 6.45) is 3.56. The fourth-order valence-electron chi connectivity index (χ4n) is 2.68. The number of sulfonamides is 1. The predicted molar refractivity (Wildman–Crippen MR) is 133 cm³/mol. The van der Waals surface area contributed by atoms with Gasteiger partial charge in [-0.15, -0.1) is 4.13 Å². The predicted octanol–water partition coefficient (Wildman–Crippen LogP) is 3.10. The number of benzene rings is 1. The number of rotatable bonds is 12.